The number of carbonyl (C=O) groups excluding carboxylic acids is 1. The van der Waals surface area contributed by atoms with Crippen molar-refractivity contribution in [2.75, 3.05) is 6.54 Å². The summed E-state index contributed by atoms with van der Waals surface area (Å²) in [6, 6.07) is 24.0. The number of alkyl halides is 3. The van der Waals surface area contributed by atoms with Gasteiger partial charge in [0.25, 0.3) is 5.91 Å². The van der Waals surface area contributed by atoms with Gasteiger partial charge in [0.2, 0.25) is 0 Å². The Labute approximate surface area is 162 Å². The summed E-state index contributed by atoms with van der Waals surface area (Å²) in [5.41, 5.74) is 0.0223. The van der Waals surface area contributed by atoms with Crippen LogP contribution in [0, 0.1) is 0 Å². The lowest BCUT2D eigenvalue weighted by atomic mass is 9.76. The monoisotopic (exact) mass is 383 g/mol. The lowest BCUT2D eigenvalue weighted by Crippen LogP contribution is -2.40. The van der Waals surface area contributed by atoms with Gasteiger partial charge >= 0.3 is 6.18 Å². The Morgan fingerprint density at radius 2 is 1.25 bits per heavy atom. The standard InChI is InChI=1S/C23H20F3NO/c1-22(17-10-4-2-5-11-17,18-12-6-3-7-13-18)16-27-21(28)19-14-8-9-15-20(19)23(24,25)26/h2-15H,16H2,1H3,(H,27,28). The first-order valence-corrected chi connectivity index (χ1v) is 8.88. The average molecular weight is 383 g/mol. The average Bonchev–Trinajstić information content (AvgIpc) is 2.72. The summed E-state index contributed by atoms with van der Waals surface area (Å²) in [6.45, 7) is 2.12. The Morgan fingerprint density at radius 3 is 1.75 bits per heavy atom. The summed E-state index contributed by atoms with van der Waals surface area (Å²) < 4.78 is 39.7. The molecule has 0 heterocycles. The molecular weight excluding hydrogens is 363 g/mol. The van der Waals surface area contributed by atoms with Gasteiger partial charge in [0, 0.05) is 12.0 Å². The topological polar surface area (TPSA) is 29.1 Å². The molecule has 1 amide bonds. The number of amides is 1. The van der Waals surface area contributed by atoms with E-state index in [0.717, 1.165) is 17.2 Å². The van der Waals surface area contributed by atoms with Gasteiger partial charge in [-0.1, -0.05) is 72.8 Å². The van der Waals surface area contributed by atoms with Gasteiger partial charge < -0.3 is 5.32 Å². The number of halogens is 3. The van der Waals surface area contributed by atoms with E-state index in [1.807, 2.05) is 67.6 Å². The maximum absolute atomic E-state index is 13.2. The first-order valence-electron chi connectivity index (χ1n) is 8.88. The Bertz CT molecular complexity index is 897. The number of hydrogen-bond donors (Lipinski definition) is 1. The van der Waals surface area contributed by atoms with E-state index >= 15 is 0 Å². The van der Waals surface area contributed by atoms with Gasteiger partial charge in [-0.15, -0.1) is 0 Å². The Morgan fingerprint density at radius 1 is 0.786 bits per heavy atom. The summed E-state index contributed by atoms with van der Waals surface area (Å²) in [5.74, 6) is -0.744. The fourth-order valence-corrected chi connectivity index (χ4v) is 3.26. The van der Waals surface area contributed by atoms with Crippen LogP contribution < -0.4 is 5.32 Å². The van der Waals surface area contributed by atoms with Crippen molar-refractivity contribution >= 4 is 5.91 Å². The van der Waals surface area contributed by atoms with E-state index in [4.69, 9.17) is 0 Å². The fraction of sp³-hybridized carbons (Fsp3) is 0.174. The molecule has 1 N–H and O–H groups in total. The van der Waals surface area contributed by atoms with Crippen LogP contribution in [0.3, 0.4) is 0 Å². The third-order valence-corrected chi connectivity index (χ3v) is 4.90. The van der Waals surface area contributed by atoms with Crippen molar-refractivity contribution in [1.82, 2.24) is 5.32 Å². The molecule has 144 valence electrons. The van der Waals surface area contributed by atoms with Crippen LogP contribution in [0.5, 0.6) is 0 Å². The van der Waals surface area contributed by atoms with E-state index in [-0.39, 0.29) is 12.1 Å². The highest BCUT2D eigenvalue weighted by Crippen LogP contribution is 2.33. The molecule has 2 nitrogen and oxygen atoms in total. The van der Waals surface area contributed by atoms with Gasteiger partial charge in [-0.05, 0) is 30.2 Å². The quantitative estimate of drug-likeness (QED) is 0.624. The van der Waals surface area contributed by atoms with Crippen molar-refractivity contribution in [1.29, 1.82) is 0 Å². The first-order chi connectivity index (χ1) is 13.3. The molecule has 28 heavy (non-hydrogen) atoms. The van der Waals surface area contributed by atoms with Crippen LogP contribution in [0.4, 0.5) is 13.2 Å². The number of rotatable bonds is 5. The zero-order chi connectivity index (χ0) is 20.2. The molecule has 0 radical (unpaired) electrons. The van der Waals surface area contributed by atoms with Gasteiger partial charge in [0.15, 0.2) is 0 Å². The van der Waals surface area contributed by atoms with Gasteiger partial charge in [0.05, 0.1) is 11.1 Å². The first kappa shape index (κ1) is 19.7. The highest BCUT2D eigenvalue weighted by atomic mass is 19.4. The van der Waals surface area contributed by atoms with Crippen molar-refractivity contribution in [2.24, 2.45) is 0 Å². The van der Waals surface area contributed by atoms with Crippen LogP contribution in [0.2, 0.25) is 0 Å². The number of benzene rings is 3. The molecule has 0 atom stereocenters. The second kappa shape index (κ2) is 7.89. The highest BCUT2D eigenvalue weighted by molar-refractivity contribution is 5.96. The normalized spacial score (nSPS) is 11.9. The van der Waals surface area contributed by atoms with E-state index in [1.54, 1.807) is 0 Å². The molecular formula is C23H20F3NO. The molecule has 0 aromatic heterocycles. The van der Waals surface area contributed by atoms with E-state index in [9.17, 15) is 18.0 Å². The minimum Gasteiger partial charge on any atom is -0.351 e. The van der Waals surface area contributed by atoms with E-state index < -0.39 is 23.1 Å². The number of hydrogen-bond acceptors (Lipinski definition) is 1. The second-order valence-corrected chi connectivity index (χ2v) is 6.79. The molecule has 0 bridgehead atoms. The molecule has 5 heteroatoms. The number of nitrogens with one attached hydrogen (secondary N) is 1. The van der Waals surface area contributed by atoms with Crippen LogP contribution in [-0.2, 0) is 11.6 Å². The zero-order valence-corrected chi connectivity index (χ0v) is 15.3. The van der Waals surface area contributed by atoms with Gasteiger partial charge in [-0.2, -0.15) is 13.2 Å². The van der Waals surface area contributed by atoms with E-state index in [2.05, 4.69) is 5.32 Å². The molecule has 3 aromatic carbocycles. The van der Waals surface area contributed by atoms with E-state index in [0.29, 0.717) is 0 Å². The Hall–Kier alpha value is -3.08. The predicted octanol–water partition coefficient (Wildman–Crippen LogP) is 5.44. The molecule has 3 aromatic rings. The third kappa shape index (κ3) is 4.09. The van der Waals surface area contributed by atoms with Crippen LogP contribution in [0.25, 0.3) is 0 Å². The summed E-state index contributed by atoms with van der Waals surface area (Å²) in [5, 5.41) is 2.71. The van der Waals surface area contributed by atoms with Crippen molar-refractivity contribution < 1.29 is 18.0 Å². The predicted molar refractivity (Wildman–Crippen MR) is 103 cm³/mol. The van der Waals surface area contributed by atoms with Crippen LogP contribution in [-0.4, -0.2) is 12.5 Å². The molecule has 0 aliphatic heterocycles. The van der Waals surface area contributed by atoms with Crippen LogP contribution >= 0.6 is 0 Å². The van der Waals surface area contributed by atoms with Crippen molar-refractivity contribution in [3.8, 4) is 0 Å². The van der Waals surface area contributed by atoms with Gasteiger partial charge in [-0.25, -0.2) is 0 Å². The minimum absolute atomic E-state index is 0.159. The van der Waals surface area contributed by atoms with Crippen molar-refractivity contribution in [2.45, 2.75) is 18.5 Å². The minimum atomic E-state index is -4.59. The molecule has 0 aliphatic rings. The van der Waals surface area contributed by atoms with Crippen LogP contribution in [0.1, 0.15) is 34.0 Å². The summed E-state index contributed by atoms with van der Waals surface area (Å²) in [7, 11) is 0. The van der Waals surface area contributed by atoms with E-state index in [1.165, 1.54) is 18.2 Å². The molecule has 0 fully saturated rings. The van der Waals surface area contributed by atoms with Gasteiger partial charge in [-0.3, -0.25) is 4.79 Å². The second-order valence-electron chi connectivity index (χ2n) is 6.79. The van der Waals surface area contributed by atoms with Gasteiger partial charge in [0.1, 0.15) is 0 Å². The fourth-order valence-electron chi connectivity index (χ4n) is 3.26. The molecule has 0 unspecified atom stereocenters. The highest BCUT2D eigenvalue weighted by Gasteiger charge is 2.35. The SMILES string of the molecule is CC(CNC(=O)c1ccccc1C(F)(F)F)(c1ccccc1)c1ccccc1. The lowest BCUT2D eigenvalue weighted by Gasteiger charge is -2.31. The van der Waals surface area contributed by atoms with Crippen LogP contribution in [0.15, 0.2) is 84.9 Å². The van der Waals surface area contributed by atoms with Crippen molar-refractivity contribution in [3.05, 3.63) is 107 Å². The lowest BCUT2D eigenvalue weighted by molar-refractivity contribution is -0.137. The summed E-state index contributed by atoms with van der Waals surface area (Å²) in [4.78, 5) is 12.6. The molecule has 0 saturated heterocycles. The summed E-state index contributed by atoms with van der Waals surface area (Å²) in [6.07, 6.45) is -4.59. The Kier molecular flexibility index (Phi) is 5.54. The molecule has 0 spiro atoms. The Balaban J connectivity index is 1.91. The smallest absolute Gasteiger partial charge is 0.351 e. The maximum Gasteiger partial charge on any atom is 0.417 e. The molecule has 0 saturated carbocycles. The molecule has 3 rings (SSSR count). The molecule has 0 aliphatic carbocycles. The van der Waals surface area contributed by atoms with Crippen molar-refractivity contribution in [3.63, 3.8) is 0 Å². The largest absolute Gasteiger partial charge is 0.417 e. The maximum atomic E-state index is 13.2. The number of carbonyl (C=O) groups is 1. The summed E-state index contributed by atoms with van der Waals surface area (Å²) >= 11 is 0. The zero-order valence-electron chi connectivity index (χ0n) is 15.3. The third-order valence-electron chi connectivity index (χ3n) is 4.90.